The van der Waals surface area contributed by atoms with Crippen LogP contribution in [0.25, 0.3) is 0 Å². The zero-order chi connectivity index (χ0) is 41.6. The SMILES string of the molecule is CC(C)C(C)C.CC1(C)CC1.CC1C[C@H]1C.CCC(C)(C)C.CCC(C)CC.CCC1CC1.CCCC(C)C.CCCC(C)C.CCCCCC. The van der Waals surface area contributed by atoms with Gasteiger partial charge in [-0.2, -0.15) is 0 Å². The van der Waals surface area contributed by atoms with E-state index in [1.807, 2.05) is 0 Å². The highest BCUT2D eigenvalue weighted by atomic mass is 14.4. The lowest BCUT2D eigenvalue weighted by Crippen LogP contribution is -2.00. The van der Waals surface area contributed by atoms with Crippen molar-refractivity contribution in [3.8, 4) is 0 Å². The van der Waals surface area contributed by atoms with E-state index in [1.54, 1.807) is 0 Å². The summed E-state index contributed by atoms with van der Waals surface area (Å²) in [5.74, 6) is 7.67. The van der Waals surface area contributed by atoms with Gasteiger partial charge in [-0.05, 0) is 77.4 Å². The molecule has 2 atom stereocenters. The molecular weight excluding hydrogens is 613 g/mol. The second-order valence-corrected chi connectivity index (χ2v) is 20.1. The molecule has 3 aliphatic rings. The van der Waals surface area contributed by atoms with Crippen molar-refractivity contribution in [1.29, 1.82) is 0 Å². The smallest absolute Gasteiger partial charge is 0.0354 e. The summed E-state index contributed by atoms with van der Waals surface area (Å²) in [5, 5.41) is 0. The van der Waals surface area contributed by atoms with Crippen molar-refractivity contribution in [2.24, 2.45) is 58.2 Å². The Hall–Kier alpha value is 0. The summed E-state index contributed by atoms with van der Waals surface area (Å²) in [5.41, 5.74) is 1.29. The van der Waals surface area contributed by atoms with Gasteiger partial charge in [0.1, 0.15) is 0 Å². The van der Waals surface area contributed by atoms with Crippen molar-refractivity contribution < 1.29 is 0 Å². The zero-order valence-corrected chi connectivity index (χ0v) is 41.6. The minimum Gasteiger partial charge on any atom is -0.0654 e. The Labute approximate surface area is 332 Å². The predicted octanol–water partition coefficient (Wildman–Crippen LogP) is 19.9. The van der Waals surface area contributed by atoms with Crippen LogP contribution < -0.4 is 0 Å². The van der Waals surface area contributed by atoms with E-state index in [0.29, 0.717) is 5.41 Å². The molecule has 0 aliphatic heterocycles. The van der Waals surface area contributed by atoms with Crippen molar-refractivity contribution in [3.63, 3.8) is 0 Å². The molecule has 0 spiro atoms. The van der Waals surface area contributed by atoms with Crippen molar-refractivity contribution in [2.75, 3.05) is 0 Å². The van der Waals surface area contributed by atoms with Gasteiger partial charge in [-0.25, -0.2) is 0 Å². The van der Waals surface area contributed by atoms with Gasteiger partial charge in [-0.15, -0.1) is 0 Å². The predicted molar refractivity (Wildman–Crippen MR) is 247 cm³/mol. The summed E-state index contributed by atoms with van der Waals surface area (Å²) in [7, 11) is 0. The van der Waals surface area contributed by atoms with Crippen molar-refractivity contribution in [3.05, 3.63) is 0 Å². The summed E-state index contributed by atoms with van der Waals surface area (Å²) < 4.78 is 0. The molecule has 0 nitrogen and oxygen atoms in total. The lowest BCUT2D eigenvalue weighted by atomic mass is 9.94. The van der Waals surface area contributed by atoms with E-state index in [1.165, 1.54) is 109 Å². The van der Waals surface area contributed by atoms with Crippen LogP contribution in [0.3, 0.4) is 0 Å². The molecule has 0 aromatic heterocycles. The molecule has 0 heterocycles. The Morgan fingerprint density at radius 2 is 0.824 bits per heavy atom. The number of hydrogen-bond donors (Lipinski definition) is 0. The van der Waals surface area contributed by atoms with E-state index in [2.05, 4.69) is 166 Å². The Morgan fingerprint density at radius 3 is 0.843 bits per heavy atom. The largest absolute Gasteiger partial charge is 0.0654 e. The van der Waals surface area contributed by atoms with Crippen LogP contribution in [0.5, 0.6) is 0 Å². The average molecular weight is 727 g/mol. The molecule has 3 fully saturated rings. The van der Waals surface area contributed by atoms with Crippen LogP contribution in [0, 0.1) is 58.2 Å². The number of hydrogen-bond acceptors (Lipinski definition) is 0. The van der Waals surface area contributed by atoms with E-state index in [0.717, 1.165) is 52.8 Å². The van der Waals surface area contributed by atoms with Crippen LogP contribution in [-0.4, -0.2) is 0 Å². The molecule has 0 aromatic rings. The Kier molecular flexibility index (Phi) is 52.8. The van der Waals surface area contributed by atoms with Crippen LogP contribution >= 0.6 is 0 Å². The summed E-state index contributed by atoms with van der Waals surface area (Å²) in [4.78, 5) is 0. The maximum Gasteiger partial charge on any atom is -0.0354 e. The van der Waals surface area contributed by atoms with Crippen LogP contribution in [0.15, 0.2) is 0 Å². The normalized spacial score (nSPS) is 17.4. The molecule has 0 bridgehead atoms. The molecule has 318 valence electrons. The number of unbranched alkanes of at least 4 members (excludes halogenated alkanes) is 3. The Bertz CT molecular complexity index is 546. The van der Waals surface area contributed by atoms with Gasteiger partial charge < -0.3 is 0 Å². The van der Waals surface area contributed by atoms with Gasteiger partial charge in [0.25, 0.3) is 0 Å². The Balaban J connectivity index is -0.000000112. The fourth-order valence-electron chi connectivity index (χ4n) is 3.23. The molecule has 3 aliphatic carbocycles. The minimum atomic E-state index is 0.542. The molecule has 3 saturated carbocycles. The monoisotopic (exact) mass is 727 g/mol. The lowest BCUT2D eigenvalue weighted by molar-refractivity contribution is 0.398. The Morgan fingerprint density at radius 1 is 0.549 bits per heavy atom. The summed E-state index contributed by atoms with van der Waals surface area (Å²) >= 11 is 0. The van der Waals surface area contributed by atoms with Gasteiger partial charge in [0, 0.05) is 0 Å². The highest BCUT2D eigenvalue weighted by molar-refractivity contribution is 4.82. The van der Waals surface area contributed by atoms with Crippen LogP contribution in [-0.2, 0) is 0 Å². The van der Waals surface area contributed by atoms with E-state index < -0.39 is 0 Å². The van der Waals surface area contributed by atoms with Crippen LogP contribution in [0.2, 0.25) is 0 Å². The maximum atomic E-state index is 2.30. The molecule has 0 radical (unpaired) electrons. The fraction of sp³-hybridized carbons (Fsp3) is 1.00. The van der Waals surface area contributed by atoms with Crippen molar-refractivity contribution >= 4 is 0 Å². The first-order valence-electron chi connectivity index (χ1n) is 23.4. The molecule has 0 saturated heterocycles. The van der Waals surface area contributed by atoms with E-state index in [9.17, 15) is 0 Å². The van der Waals surface area contributed by atoms with Gasteiger partial charge in [0.05, 0.1) is 0 Å². The molecule has 51 heavy (non-hydrogen) atoms. The first-order valence-corrected chi connectivity index (χ1v) is 23.4. The highest BCUT2D eigenvalue weighted by Crippen LogP contribution is 2.43. The third-order valence-corrected chi connectivity index (χ3v) is 10.5. The molecule has 1 unspecified atom stereocenters. The van der Waals surface area contributed by atoms with Crippen LogP contribution in [0.1, 0.15) is 275 Å². The molecule has 0 aromatic carbocycles. The molecular formula is C51H114. The van der Waals surface area contributed by atoms with Crippen molar-refractivity contribution in [2.45, 2.75) is 275 Å². The second kappa shape index (κ2) is 42.7. The third kappa shape index (κ3) is 88.9. The number of rotatable bonds is 11. The molecule has 3 rings (SSSR count). The summed E-state index contributed by atoms with van der Waals surface area (Å²) in [6.45, 7) is 54.0. The first kappa shape index (κ1) is 63.0. The molecule has 0 amide bonds. The highest BCUT2D eigenvalue weighted by Gasteiger charge is 2.30. The summed E-state index contributed by atoms with van der Waals surface area (Å²) in [6.07, 6.45) is 23.7. The summed E-state index contributed by atoms with van der Waals surface area (Å²) in [6, 6.07) is 0. The van der Waals surface area contributed by atoms with E-state index >= 15 is 0 Å². The zero-order valence-electron chi connectivity index (χ0n) is 41.6. The average Bonchev–Trinajstić information content (AvgIpc) is 3.99. The van der Waals surface area contributed by atoms with Crippen LogP contribution in [0.4, 0.5) is 0 Å². The lowest BCUT2D eigenvalue weighted by Gasteiger charge is -2.12. The maximum absolute atomic E-state index is 2.30. The van der Waals surface area contributed by atoms with E-state index in [4.69, 9.17) is 0 Å². The molecule has 0 N–H and O–H groups in total. The quantitative estimate of drug-likeness (QED) is 0.186. The minimum absolute atomic E-state index is 0.542. The van der Waals surface area contributed by atoms with Crippen molar-refractivity contribution in [1.82, 2.24) is 0 Å². The van der Waals surface area contributed by atoms with Gasteiger partial charge in [-0.1, -0.05) is 256 Å². The topological polar surface area (TPSA) is 0 Å². The van der Waals surface area contributed by atoms with Gasteiger partial charge in [-0.3, -0.25) is 0 Å². The fourth-order valence-corrected chi connectivity index (χ4v) is 3.23. The third-order valence-electron chi connectivity index (χ3n) is 10.5. The van der Waals surface area contributed by atoms with Gasteiger partial charge in [0.2, 0.25) is 0 Å². The standard InChI is InChI=1S/6C6H14.3C5H10/c1-5-6(2,3)4;1-5(2)6(3)4;2*1-4-5-6(2)3;1-4-6(3)5-2;1-3-5-6-4-2;1-5(2)3-4-5;1-4-3-5(4)2;1-2-5-3-4-5/h5H2,1-4H3;5-6H,1-4H3;3*6H,4-5H2,1-3H3;3-6H2,1-2H3;3-4H2,1-2H3;4-5H,3H2,1-2H3;5H,2-4H2,1H3/t;;;;;;;4-,5?;/m.......1./s1. The molecule has 0 heteroatoms. The van der Waals surface area contributed by atoms with Gasteiger partial charge >= 0.3 is 0 Å². The first-order chi connectivity index (χ1) is 23.4. The van der Waals surface area contributed by atoms with E-state index in [-0.39, 0.29) is 0 Å². The second-order valence-electron chi connectivity index (χ2n) is 20.1. The van der Waals surface area contributed by atoms with Gasteiger partial charge in [0.15, 0.2) is 0 Å².